The molecular weight excluding hydrogens is 897 g/mol. The van der Waals surface area contributed by atoms with Crippen molar-refractivity contribution in [3.8, 4) is 0 Å². The van der Waals surface area contributed by atoms with E-state index in [0.29, 0.717) is 13.0 Å². The number of rotatable bonds is 42. The van der Waals surface area contributed by atoms with Gasteiger partial charge < -0.3 is 64.2 Å². The summed E-state index contributed by atoms with van der Waals surface area (Å²) in [5.74, 6) is -0.396. The number of hydrogen-bond acceptors (Lipinski definition) is 14. The van der Waals surface area contributed by atoms with E-state index in [2.05, 4.69) is 86.8 Å². The molecule has 70 heavy (non-hydrogen) atoms. The Morgan fingerprint density at radius 2 is 0.929 bits per heavy atom. The number of hydrogen-bond donors (Lipinski definition) is 7. The molecule has 0 aromatic rings. The van der Waals surface area contributed by atoms with Gasteiger partial charge in [0.25, 0.3) is 0 Å². The molecule has 2 fully saturated rings. The van der Waals surface area contributed by atoms with Crippen molar-refractivity contribution in [2.75, 3.05) is 33.0 Å². The lowest BCUT2D eigenvalue weighted by Crippen LogP contribution is -2.61. The molecule has 2 saturated heterocycles. The first kappa shape index (κ1) is 63.5. The van der Waals surface area contributed by atoms with Crippen LogP contribution in [-0.2, 0) is 33.2 Å². The van der Waals surface area contributed by atoms with Crippen molar-refractivity contribution in [3.63, 3.8) is 0 Å². The number of unbranched alkanes of at least 4 members (excludes halogenated alkanes) is 16. The molecule has 11 unspecified atom stereocenters. The summed E-state index contributed by atoms with van der Waals surface area (Å²) in [6, 6.07) is 0. The van der Waals surface area contributed by atoms with E-state index in [1.807, 2.05) is 0 Å². The zero-order valence-electron chi connectivity index (χ0n) is 43.0. The van der Waals surface area contributed by atoms with Gasteiger partial charge in [-0.05, 0) is 83.5 Å². The van der Waals surface area contributed by atoms with E-state index in [9.17, 15) is 40.5 Å². The molecule has 0 radical (unpaired) electrons. The number of ether oxygens (including phenoxy) is 6. The van der Waals surface area contributed by atoms with Crippen molar-refractivity contribution in [2.45, 2.75) is 242 Å². The average Bonchev–Trinajstić information content (AvgIpc) is 3.36. The lowest BCUT2D eigenvalue weighted by Gasteiger charge is -2.42. The Labute approximate surface area is 421 Å². The van der Waals surface area contributed by atoms with Crippen molar-refractivity contribution in [1.82, 2.24) is 0 Å². The van der Waals surface area contributed by atoms with Crippen LogP contribution in [0.25, 0.3) is 0 Å². The van der Waals surface area contributed by atoms with Crippen molar-refractivity contribution < 1.29 is 69.0 Å². The zero-order valence-corrected chi connectivity index (χ0v) is 43.0. The summed E-state index contributed by atoms with van der Waals surface area (Å²) in [5, 5.41) is 72.2. The monoisotopic (exact) mass is 993 g/mol. The van der Waals surface area contributed by atoms with Crippen LogP contribution in [-0.4, -0.2) is 142 Å². The largest absolute Gasteiger partial charge is 0.457 e. The van der Waals surface area contributed by atoms with E-state index in [1.54, 1.807) is 0 Å². The third kappa shape index (κ3) is 29.8. The number of allylic oxidation sites excluding steroid dienone is 12. The lowest BCUT2D eigenvalue weighted by atomic mass is 9.98. The Bertz CT molecular complexity index is 1430. The maximum absolute atomic E-state index is 13.0. The Morgan fingerprint density at radius 3 is 1.46 bits per heavy atom. The van der Waals surface area contributed by atoms with Gasteiger partial charge in [0.2, 0.25) is 0 Å². The normalized spacial score (nSPS) is 26.1. The summed E-state index contributed by atoms with van der Waals surface area (Å²) in [7, 11) is 0. The smallest absolute Gasteiger partial charge is 0.306 e. The molecule has 7 N–H and O–H groups in total. The number of carbonyl (C=O) groups excluding carboxylic acids is 1. The molecule has 0 spiro atoms. The molecule has 14 nitrogen and oxygen atoms in total. The van der Waals surface area contributed by atoms with Gasteiger partial charge in [0.1, 0.15) is 54.9 Å². The highest BCUT2D eigenvalue weighted by Gasteiger charge is 2.47. The molecule has 11 atom stereocenters. The van der Waals surface area contributed by atoms with Gasteiger partial charge in [-0.25, -0.2) is 0 Å². The van der Waals surface area contributed by atoms with Gasteiger partial charge in [-0.1, -0.05) is 157 Å². The molecule has 0 bridgehead atoms. The van der Waals surface area contributed by atoms with E-state index >= 15 is 0 Å². The average molecular weight is 993 g/mol. The Balaban J connectivity index is 1.77. The molecule has 0 amide bonds. The molecule has 2 rings (SSSR count). The molecule has 404 valence electrons. The van der Waals surface area contributed by atoms with Crippen LogP contribution in [0.1, 0.15) is 174 Å². The third-order valence-electron chi connectivity index (χ3n) is 12.4. The molecule has 0 aromatic heterocycles. The number of aliphatic hydroxyl groups excluding tert-OH is 7. The van der Waals surface area contributed by atoms with Crippen LogP contribution in [0.2, 0.25) is 0 Å². The summed E-state index contributed by atoms with van der Waals surface area (Å²) < 4.78 is 34.3. The van der Waals surface area contributed by atoms with Gasteiger partial charge >= 0.3 is 5.97 Å². The Kier molecular flexibility index (Phi) is 38.9. The lowest BCUT2D eigenvalue weighted by molar-refractivity contribution is -0.332. The Hall–Kier alpha value is -2.57. The molecule has 0 aliphatic carbocycles. The van der Waals surface area contributed by atoms with E-state index < -0.39 is 86.7 Å². The summed E-state index contributed by atoms with van der Waals surface area (Å²) in [6.07, 6.45) is 36.7. The van der Waals surface area contributed by atoms with Gasteiger partial charge in [0, 0.05) is 13.0 Å². The molecule has 14 heteroatoms. The van der Waals surface area contributed by atoms with E-state index in [1.165, 1.54) is 44.9 Å². The first-order valence-electron chi connectivity index (χ1n) is 27.0. The van der Waals surface area contributed by atoms with Crippen molar-refractivity contribution >= 4 is 5.97 Å². The third-order valence-corrected chi connectivity index (χ3v) is 12.4. The molecule has 0 aromatic carbocycles. The predicted molar refractivity (Wildman–Crippen MR) is 275 cm³/mol. The van der Waals surface area contributed by atoms with Crippen LogP contribution in [0.4, 0.5) is 0 Å². The van der Waals surface area contributed by atoms with Crippen molar-refractivity contribution in [3.05, 3.63) is 72.9 Å². The zero-order chi connectivity index (χ0) is 50.9. The van der Waals surface area contributed by atoms with Crippen molar-refractivity contribution in [1.29, 1.82) is 0 Å². The Morgan fingerprint density at radius 1 is 0.486 bits per heavy atom. The molecule has 2 heterocycles. The van der Waals surface area contributed by atoms with Crippen molar-refractivity contribution in [2.24, 2.45) is 0 Å². The van der Waals surface area contributed by atoms with Gasteiger partial charge in [-0.2, -0.15) is 0 Å². The fourth-order valence-electron chi connectivity index (χ4n) is 8.07. The summed E-state index contributed by atoms with van der Waals surface area (Å²) in [6.45, 7) is 3.50. The van der Waals surface area contributed by atoms with E-state index in [0.717, 1.165) is 103 Å². The van der Waals surface area contributed by atoms with Crippen LogP contribution in [0.3, 0.4) is 0 Å². The van der Waals surface area contributed by atoms with Gasteiger partial charge in [-0.15, -0.1) is 0 Å². The topological polar surface area (TPSA) is 214 Å². The summed E-state index contributed by atoms with van der Waals surface area (Å²) in [5.41, 5.74) is 0. The van der Waals surface area contributed by atoms with Crippen LogP contribution < -0.4 is 0 Å². The SMILES string of the molecule is CC/C=C\C/C=C\C/C=C\C/C=C\CCCCCCCCC(=O)OC(COCCCCCCCC/C=C\C/C=C\CCCCCC)COC1OC(COC2OC(CO)C(O)C(O)C2O)C(O)C(O)C1O. The highest BCUT2D eigenvalue weighted by atomic mass is 16.7. The van der Waals surface area contributed by atoms with Crippen LogP contribution in [0.5, 0.6) is 0 Å². The minimum absolute atomic E-state index is 0.0447. The minimum atomic E-state index is -1.72. The standard InChI is InChI=1S/C56H96O14/c1-3-5-7-9-11-13-15-17-19-21-22-23-25-27-29-31-33-35-37-39-48(58)68-45(42-65-40-38-36-34-32-30-28-26-24-20-18-16-14-12-10-8-6-4-2)43-66-55-54(64)52(62)50(60)47(70-55)44-67-56-53(63)51(61)49(59)46(41-57)69-56/h5,7,11,13-14,16-17,19-20,22-24,45-47,49-57,59-64H,3-4,6,8-10,12,15,18,21,25-44H2,1-2H3/b7-5-,13-11-,16-14-,19-17-,23-22-,24-20-. The van der Waals surface area contributed by atoms with Crippen LogP contribution in [0.15, 0.2) is 72.9 Å². The highest BCUT2D eigenvalue weighted by molar-refractivity contribution is 5.69. The molecule has 2 aliphatic heterocycles. The fraction of sp³-hybridized carbons (Fsp3) is 0.768. The first-order chi connectivity index (χ1) is 34.1. The van der Waals surface area contributed by atoms with Crippen LogP contribution >= 0.6 is 0 Å². The van der Waals surface area contributed by atoms with Gasteiger partial charge in [0.05, 0.1) is 26.4 Å². The fourth-order valence-corrected chi connectivity index (χ4v) is 8.07. The van der Waals surface area contributed by atoms with E-state index in [-0.39, 0.29) is 19.6 Å². The number of esters is 1. The molecular formula is C56H96O14. The second-order valence-corrected chi connectivity index (χ2v) is 18.7. The van der Waals surface area contributed by atoms with Gasteiger partial charge in [0.15, 0.2) is 12.6 Å². The number of aliphatic hydroxyl groups is 7. The predicted octanol–water partition coefficient (Wildman–Crippen LogP) is 8.68. The first-order valence-corrected chi connectivity index (χ1v) is 27.0. The summed E-state index contributed by atoms with van der Waals surface area (Å²) >= 11 is 0. The van der Waals surface area contributed by atoms with Crippen LogP contribution in [0, 0.1) is 0 Å². The van der Waals surface area contributed by atoms with Gasteiger partial charge in [-0.3, -0.25) is 4.79 Å². The maximum atomic E-state index is 13.0. The molecule has 2 aliphatic rings. The number of carbonyl (C=O) groups is 1. The van der Waals surface area contributed by atoms with E-state index in [4.69, 9.17) is 28.4 Å². The maximum Gasteiger partial charge on any atom is 0.306 e. The second kappa shape index (κ2) is 42.9. The quantitative estimate of drug-likeness (QED) is 0.0173. The summed E-state index contributed by atoms with van der Waals surface area (Å²) in [4.78, 5) is 13.0. The highest BCUT2D eigenvalue weighted by Crippen LogP contribution is 2.26. The second-order valence-electron chi connectivity index (χ2n) is 18.7. The minimum Gasteiger partial charge on any atom is -0.457 e. The molecule has 0 saturated carbocycles.